The molecule has 2 aliphatic rings. The first kappa shape index (κ1) is 4.86. The van der Waals surface area contributed by atoms with Crippen LogP contribution < -0.4 is 0 Å². The summed E-state index contributed by atoms with van der Waals surface area (Å²) in [5, 5.41) is 0. The lowest BCUT2D eigenvalue weighted by atomic mass is 11.0. The van der Waals surface area contributed by atoms with Crippen LogP contribution in [0, 0.1) is 0 Å². The fourth-order valence-corrected chi connectivity index (χ4v) is 1.70. The minimum atomic E-state index is -1.17. The minimum absolute atomic E-state index is 0.0394. The summed E-state index contributed by atoms with van der Waals surface area (Å²) in [5.74, 6) is 0.0787. The highest BCUT2D eigenvalue weighted by Crippen LogP contribution is 2.47. The maximum absolute atomic E-state index is 10.9. The van der Waals surface area contributed by atoms with Gasteiger partial charge in [0.05, 0.1) is 0 Å². The quantitative estimate of drug-likeness (QED) is 0.407. The first-order valence-corrected chi connectivity index (χ1v) is 3.96. The van der Waals surface area contributed by atoms with Crippen LogP contribution in [-0.2, 0) is 14.0 Å². The Hall–Kier alpha value is 0.0200. The highest BCUT2D eigenvalue weighted by atomic mass is 31.1. The zero-order chi connectivity index (χ0) is 5.56. The van der Waals surface area contributed by atoms with Crippen molar-refractivity contribution < 1.29 is 14.0 Å². The van der Waals surface area contributed by atoms with Gasteiger partial charge in [-0.1, -0.05) is 4.57 Å². The number of epoxide rings is 2. The summed E-state index contributed by atoms with van der Waals surface area (Å²) in [5.41, 5.74) is 0. The average Bonchev–Trinajstić information content (AvgIpc) is 2.63. The highest BCUT2D eigenvalue weighted by Gasteiger charge is 2.54. The standard InChI is InChI=1S/C4H6O3P/c5-8(3-1-6-3)4-2-7-4/h3-4H,1-2H2/q+1. The fraction of sp³-hybridized carbons (Fsp3) is 1.00. The molecular formula is C4H6O3P+. The van der Waals surface area contributed by atoms with E-state index < -0.39 is 7.80 Å². The van der Waals surface area contributed by atoms with Gasteiger partial charge in [0.25, 0.3) is 11.7 Å². The molecular weight excluding hydrogens is 127 g/mol. The van der Waals surface area contributed by atoms with Crippen molar-refractivity contribution in [3.8, 4) is 0 Å². The second-order valence-electron chi connectivity index (χ2n) is 1.94. The Morgan fingerprint density at radius 3 is 1.88 bits per heavy atom. The molecule has 2 aliphatic heterocycles. The molecule has 0 saturated carbocycles. The Morgan fingerprint density at radius 2 is 1.62 bits per heavy atom. The van der Waals surface area contributed by atoms with E-state index in [1.807, 2.05) is 0 Å². The Balaban J connectivity index is 1.93. The van der Waals surface area contributed by atoms with Gasteiger partial charge in [0.15, 0.2) is 0 Å². The van der Waals surface area contributed by atoms with Crippen LogP contribution >= 0.6 is 7.80 Å². The molecule has 3 nitrogen and oxygen atoms in total. The maximum atomic E-state index is 10.9. The number of ether oxygens (including phenoxy) is 2. The SMILES string of the molecule is O=[P+](C1CO1)C1CO1. The summed E-state index contributed by atoms with van der Waals surface area (Å²) in [4.78, 5) is 0. The molecule has 0 radical (unpaired) electrons. The van der Waals surface area contributed by atoms with Crippen LogP contribution in [0.3, 0.4) is 0 Å². The average molecular weight is 133 g/mol. The molecule has 0 aromatic heterocycles. The molecule has 2 fully saturated rings. The zero-order valence-corrected chi connectivity index (χ0v) is 5.14. The topological polar surface area (TPSA) is 42.1 Å². The molecule has 0 amide bonds. The summed E-state index contributed by atoms with van der Waals surface area (Å²) in [7, 11) is -1.17. The van der Waals surface area contributed by atoms with Crippen LogP contribution in [0.4, 0.5) is 0 Å². The van der Waals surface area contributed by atoms with Crippen molar-refractivity contribution in [1.29, 1.82) is 0 Å². The third kappa shape index (κ3) is 0.772. The van der Waals surface area contributed by atoms with E-state index >= 15 is 0 Å². The molecule has 0 N–H and O–H groups in total. The Kier molecular flexibility index (Phi) is 0.911. The van der Waals surface area contributed by atoms with Gasteiger partial charge in [0.1, 0.15) is 13.2 Å². The van der Waals surface area contributed by atoms with Crippen LogP contribution in [-0.4, -0.2) is 24.9 Å². The molecule has 8 heavy (non-hydrogen) atoms. The molecule has 0 aromatic carbocycles. The van der Waals surface area contributed by atoms with E-state index in [0.29, 0.717) is 13.2 Å². The van der Waals surface area contributed by atoms with Gasteiger partial charge >= 0.3 is 7.80 Å². The number of hydrogen-bond acceptors (Lipinski definition) is 3. The second kappa shape index (κ2) is 1.50. The van der Waals surface area contributed by atoms with Crippen molar-refractivity contribution in [2.75, 3.05) is 13.2 Å². The van der Waals surface area contributed by atoms with E-state index in [4.69, 9.17) is 9.47 Å². The molecule has 4 heteroatoms. The summed E-state index contributed by atoms with van der Waals surface area (Å²) in [6.07, 6.45) is 0. The van der Waals surface area contributed by atoms with Gasteiger partial charge < -0.3 is 9.47 Å². The first-order valence-electron chi connectivity index (χ1n) is 2.56. The Morgan fingerprint density at radius 1 is 1.25 bits per heavy atom. The van der Waals surface area contributed by atoms with Crippen molar-refractivity contribution in [1.82, 2.24) is 0 Å². The van der Waals surface area contributed by atoms with Gasteiger partial charge in [0.2, 0.25) is 0 Å². The van der Waals surface area contributed by atoms with Gasteiger partial charge in [-0.2, -0.15) is 0 Å². The fourth-order valence-electron chi connectivity index (χ4n) is 0.565. The lowest BCUT2D eigenvalue weighted by Gasteiger charge is -1.66. The Bertz CT molecular complexity index is 113. The monoisotopic (exact) mass is 133 g/mol. The number of rotatable bonds is 2. The van der Waals surface area contributed by atoms with E-state index in [-0.39, 0.29) is 11.7 Å². The molecule has 0 bridgehead atoms. The maximum Gasteiger partial charge on any atom is 0.406 e. The summed E-state index contributed by atoms with van der Waals surface area (Å²) in [6, 6.07) is 0. The van der Waals surface area contributed by atoms with Crippen molar-refractivity contribution in [3.63, 3.8) is 0 Å². The van der Waals surface area contributed by atoms with Crippen molar-refractivity contribution in [2.24, 2.45) is 0 Å². The molecule has 44 valence electrons. The molecule has 2 atom stereocenters. The molecule has 2 saturated heterocycles. The molecule has 0 aliphatic carbocycles. The van der Waals surface area contributed by atoms with Crippen molar-refractivity contribution in [3.05, 3.63) is 0 Å². The van der Waals surface area contributed by atoms with E-state index in [2.05, 4.69) is 0 Å². The molecule has 2 unspecified atom stereocenters. The largest absolute Gasteiger partial charge is 0.406 e. The lowest BCUT2D eigenvalue weighted by Crippen LogP contribution is -1.80. The molecule has 0 aromatic rings. The number of hydrogen-bond donors (Lipinski definition) is 0. The Labute approximate surface area is 47.8 Å². The summed E-state index contributed by atoms with van der Waals surface area (Å²) in [6.45, 7) is 1.35. The normalized spacial score (nSPS) is 43.8. The van der Waals surface area contributed by atoms with Crippen LogP contribution in [0.15, 0.2) is 0 Å². The molecule has 2 heterocycles. The third-order valence-corrected chi connectivity index (χ3v) is 2.93. The van der Waals surface area contributed by atoms with E-state index in [0.717, 1.165) is 0 Å². The molecule has 0 spiro atoms. The third-order valence-electron chi connectivity index (χ3n) is 1.20. The summed E-state index contributed by atoms with van der Waals surface area (Å²) >= 11 is 0. The van der Waals surface area contributed by atoms with Gasteiger partial charge in [-0.3, -0.25) is 0 Å². The smallest absolute Gasteiger partial charge is 0.326 e. The van der Waals surface area contributed by atoms with Crippen LogP contribution in [0.25, 0.3) is 0 Å². The van der Waals surface area contributed by atoms with Crippen molar-refractivity contribution in [2.45, 2.75) is 11.7 Å². The molecule has 2 rings (SSSR count). The summed E-state index contributed by atoms with van der Waals surface area (Å²) < 4.78 is 20.5. The van der Waals surface area contributed by atoms with Crippen LogP contribution in [0.1, 0.15) is 0 Å². The zero-order valence-electron chi connectivity index (χ0n) is 4.24. The lowest BCUT2D eigenvalue weighted by molar-refractivity contribution is 0.428. The highest BCUT2D eigenvalue weighted by molar-refractivity contribution is 7.46. The predicted octanol–water partition coefficient (Wildman–Crippen LogP) is 0.526. The van der Waals surface area contributed by atoms with Crippen LogP contribution in [0.5, 0.6) is 0 Å². The van der Waals surface area contributed by atoms with Gasteiger partial charge in [0, 0.05) is 0 Å². The minimum Gasteiger partial charge on any atom is -0.326 e. The first-order chi connectivity index (χ1) is 3.88. The van der Waals surface area contributed by atoms with E-state index in [1.165, 1.54) is 0 Å². The predicted molar refractivity (Wildman–Crippen MR) is 27.1 cm³/mol. The van der Waals surface area contributed by atoms with Gasteiger partial charge in [-0.05, 0) is 0 Å². The second-order valence-corrected chi connectivity index (χ2v) is 3.81. The van der Waals surface area contributed by atoms with E-state index in [1.54, 1.807) is 0 Å². The van der Waals surface area contributed by atoms with Crippen LogP contribution in [0.2, 0.25) is 0 Å². The van der Waals surface area contributed by atoms with E-state index in [9.17, 15) is 4.57 Å². The van der Waals surface area contributed by atoms with Crippen molar-refractivity contribution >= 4 is 7.80 Å². The van der Waals surface area contributed by atoms with Gasteiger partial charge in [-0.15, -0.1) is 0 Å². The van der Waals surface area contributed by atoms with Gasteiger partial charge in [-0.25, -0.2) is 0 Å².